The molecule has 1 aromatic rings. The smallest absolute Gasteiger partial charge is 0.255 e. The number of hydrogen-bond donors (Lipinski definition) is 0. The zero-order valence-electron chi connectivity index (χ0n) is 11.4. The molecular weight excluding hydrogens is 344 g/mol. The normalized spacial score (nSPS) is 16.3. The van der Waals surface area contributed by atoms with Gasteiger partial charge in [-0.2, -0.15) is 0 Å². The second-order valence-electron chi connectivity index (χ2n) is 5.45. The van der Waals surface area contributed by atoms with Gasteiger partial charge in [0.05, 0.1) is 16.6 Å². The maximum Gasteiger partial charge on any atom is 0.255 e. The lowest BCUT2D eigenvalue weighted by Crippen LogP contribution is -2.57. The molecule has 0 N–H and O–H groups in total. The molecule has 1 saturated heterocycles. The minimum Gasteiger partial charge on any atom is -0.336 e. The molecule has 2 heterocycles. The highest BCUT2D eigenvalue weighted by molar-refractivity contribution is 9.10. The Morgan fingerprint density at radius 1 is 1.45 bits per heavy atom. The van der Waals surface area contributed by atoms with Crippen LogP contribution in [0.3, 0.4) is 0 Å². The minimum atomic E-state index is -3.10. The second kappa shape index (κ2) is 5.81. The number of pyridine rings is 1. The first kappa shape index (κ1) is 15.4. The van der Waals surface area contributed by atoms with Gasteiger partial charge in [-0.25, -0.2) is 8.42 Å². The lowest BCUT2D eigenvalue weighted by Gasteiger charge is -2.38. The predicted octanol–water partition coefficient (Wildman–Crippen LogP) is 1.74. The summed E-state index contributed by atoms with van der Waals surface area (Å²) in [5, 5.41) is -0.422. The van der Waals surface area contributed by atoms with Crippen molar-refractivity contribution < 1.29 is 13.2 Å². The molecule has 1 aliphatic heterocycles. The van der Waals surface area contributed by atoms with E-state index in [2.05, 4.69) is 20.9 Å². The average Bonchev–Trinajstić information content (AvgIpc) is 2.24. The molecule has 5 nitrogen and oxygen atoms in total. The maximum absolute atomic E-state index is 12.1. The molecule has 0 bridgehead atoms. The van der Waals surface area contributed by atoms with Crippen molar-refractivity contribution >= 4 is 31.7 Å². The van der Waals surface area contributed by atoms with E-state index in [4.69, 9.17) is 0 Å². The van der Waals surface area contributed by atoms with Gasteiger partial charge in [-0.05, 0) is 27.9 Å². The lowest BCUT2D eigenvalue weighted by molar-refractivity contribution is 0.0658. The van der Waals surface area contributed by atoms with E-state index in [0.717, 1.165) is 4.47 Å². The number of halogens is 1. The summed E-state index contributed by atoms with van der Waals surface area (Å²) >= 11 is 3.26. The molecule has 1 amide bonds. The van der Waals surface area contributed by atoms with Crippen molar-refractivity contribution in [2.24, 2.45) is 5.92 Å². The molecule has 7 heteroatoms. The highest BCUT2D eigenvalue weighted by Crippen LogP contribution is 2.22. The molecule has 0 aliphatic carbocycles. The Kier molecular flexibility index (Phi) is 4.49. The van der Waals surface area contributed by atoms with Crippen LogP contribution in [0.4, 0.5) is 0 Å². The highest BCUT2D eigenvalue weighted by Gasteiger charge is 2.39. The number of rotatable bonds is 4. The number of sulfone groups is 1. The molecule has 20 heavy (non-hydrogen) atoms. The van der Waals surface area contributed by atoms with E-state index in [-0.39, 0.29) is 30.7 Å². The summed E-state index contributed by atoms with van der Waals surface area (Å²) in [5.41, 5.74) is 0.471. The van der Waals surface area contributed by atoms with Crippen LogP contribution in [0.25, 0.3) is 0 Å². The van der Waals surface area contributed by atoms with Crippen molar-refractivity contribution in [2.75, 3.05) is 18.8 Å². The van der Waals surface area contributed by atoms with Crippen molar-refractivity contribution in [3.05, 3.63) is 28.5 Å². The van der Waals surface area contributed by atoms with Gasteiger partial charge >= 0.3 is 0 Å². The number of likely N-dealkylation sites (tertiary alicyclic amines) is 1. The van der Waals surface area contributed by atoms with Crippen LogP contribution in [0.5, 0.6) is 0 Å². The number of hydrogen-bond acceptors (Lipinski definition) is 4. The van der Waals surface area contributed by atoms with Gasteiger partial charge in [0.15, 0.2) is 9.84 Å². The van der Waals surface area contributed by atoms with Gasteiger partial charge < -0.3 is 4.90 Å². The van der Waals surface area contributed by atoms with Crippen molar-refractivity contribution in [2.45, 2.75) is 19.1 Å². The van der Waals surface area contributed by atoms with Gasteiger partial charge in [-0.3, -0.25) is 9.78 Å². The van der Waals surface area contributed by atoms with Crippen LogP contribution in [-0.2, 0) is 9.84 Å². The number of aromatic nitrogens is 1. The summed E-state index contributed by atoms with van der Waals surface area (Å²) < 4.78 is 24.8. The fourth-order valence-electron chi connectivity index (χ4n) is 2.14. The number of nitrogens with zero attached hydrogens (tertiary/aromatic N) is 2. The van der Waals surface area contributed by atoms with E-state index in [9.17, 15) is 13.2 Å². The molecule has 110 valence electrons. The zero-order valence-corrected chi connectivity index (χ0v) is 13.8. The monoisotopic (exact) mass is 360 g/mol. The minimum absolute atomic E-state index is 0.110. The summed E-state index contributed by atoms with van der Waals surface area (Å²) in [4.78, 5) is 17.6. The summed E-state index contributed by atoms with van der Waals surface area (Å²) in [5.74, 6) is 0.117. The van der Waals surface area contributed by atoms with Crippen LogP contribution >= 0.6 is 15.9 Å². The molecule has 0 unspecified atom stereocenters. The largest absolute Gasteiger partial charge is 0.336 e. The van der Waals surface area contributed by atoms with E-state index < -0.39 is 15.1 Å². The lowest BCUT2D eigenvalue weighted by atomic mass is 10.1. The van der Waals surface area contributed by atoms with Gasteiger partial charge in [0.2, 0.25) is 0 Å². The van der Waals surface area contributed by atoms with E-state index in [1.807, 2.05) is 13.8 Å². The summed E-state index contributed by atoms with van der Waals surface area (Å²) in [6.07, 6.45) is 3.09. The summed E-state index contributed by atoms with van der Waals surface area (Å²) in [6, 6.07) is 1.69. The SMILES string of the molecule is CC(C)CS(=O)(=O)C1CN(C(=O)c2cncc(Br)c2)C1. The van der Waals surface area contributed by atoms with Crippen molar-refractivity contribution in [3.8, 4) is 0 Å². The molecule has 0 spiro atoms. The van der Waals surface area contributed by atoms with Gasteiger partial charge in [0.25, 0.3) is 5.91 Å². The van der Waals surface area contributed by atoms with Crippen molar-refractivity contribution in [3.63, 3.8) is 0 Å². The predicted molar refractivity (Wildman–Crippen MR) is 80.3 cm³/mol. The Hall–Kier alpha value is -0.950. The first-order chi connectivity index (χ1) is 9.29. The van der Waals surface area contributed by atoms with Crippen LogP contribution in [0.15, 0.2) is 22.9 Å². The summed E-state index contributed by atoms with van der Waals surface area (Å²) in [6.45, 7) is 4.32. The van der Waals surface area contributed by atoms with Crippen LogP contribution in [-0.4, -0.2) is 48.3 Å². The van der Waals surface area contributed by atoms with E-state index in [0.29, 0.717) is 5.56 Å². The van der Waals surface area contributed by atoms with Crippen molar-refractivity contribution in [1.82, 2.24) is 9.88 Å². The zero-order chi connectivity index (χ0) is 14.9. The van der Waals surface area contributed by atoms with Crippen LogP contribution in [0.1, 0.15) is 24.2 Å². The maximum atomic E-state index is 12.1. The third-order valence-corrected chi connectivity index (χ3v) is 6.04. The van der Waals surface area contributed by atoms with Gasteiger partial charge in [0, 0.05) is 30.0 Å². The topological polar surface area (TPSA) is 67.3 Å². The summed E-state index contributed by atoms with van der Waals surface area (Å²) in [7, 11) is -3.10. The van der Waals surface area contributed by atoms with E-state index in [1.165, 1.54) is 6.20 Å². The quantitative estimate of drug-likeness (QED) is 0.819. The van der Waals surface area contributed by atoms with E-state index >= 15 is 0 Å². The van der Waals surface area contributed by atoms with Crippen molar-refractivity contribution in [1.29, 1.82) is 0 Å². The van der Waals surface area contributed by atoms with Gasteiger partial charge in [-0.1, -0.05) is 13.8 Å². The number of carbonyl (C=O) groups excluding carboxylic acids is 1. The van der Waals surface area contributed by atoms with Gasteiger partial charge in [-0.15, -0.1) is 0 Å². The third-order valence-electron chi connectivity index (χ3n) is 3.16. The average molecular weight is 361 g/mol. The van der Waals surface area contributed by atoms with Crippen LogP contribution < -0.4 is 0 Å². The first-order valence-corrected chi connectivity index (χ1v) is 8.92. The molecule has 1 aliphatic rings. The second-order valence-corrected chi connectivity index (χ2v) is 8.69. The fourth-order valence-corrected chi connectivity index (χ4v) is 4.52. The van der Waals surface area contributed by atoms with Gasteiger partial charge in [0.1, 0.15) is 0 Å². The molecule has 1 aromatic heterocycles. The molecule has 0 saturated carbocycles. The highest BCUT2D eigenvalue weighted by atomic mass is 79.9. The number of amides is 1. The molecular formula is C13H17BrN2O3S. The molecule has 0 aromatic carbocycles. The Morgan fingerprint density at radius 2 is 2.10 bits per heavy atom. The first-order valence-electron chi connectivity index (χ1n) is 6.41. The van der Waals surface area contributed by atoms with E-state index in [1.54, 1.807) is 17.2 Å². The third kappa shape index (κ3) is 3.38. The Morgan fingerprint density at radius 3 is 2.65 bits per heavy atom. The van der Waals surface area contributed by atoms with Crippen LogP contribution in [0, 0.1) is 5.92 Å². The Labute approximate surface area is 127 Å². The molecule has 1 fully saturated rings. The molecule has 0 radical (unpaired) electrons. The Balaban J connectivity index is 1.98. The Bertz CT molecular complexity index is 610. The molecule has 0 atom stereocenters. The molecule has 2 rings (SSSR count). The number of carbonyl (C=O) groups is 1. The van der Waals surface area contributed by atoms with Crippen LogP contribution in [0.2, 0.25) is 0 Å². The standard InChI is InChI=1S/C13H17BrN2O3S/c1-9(2)8-20(18,19)12-6-16(7-12)13(17)10-3-11(14)5-15-4-10/h3-5,9,12H,6-8H2,1-2H3. The fraction of sp³-hybridized carbons (Fsp3) is 0.538.